The third-order valence-corrected chi connectivity index (χ3v) is 3.51. The lowest BCUT2D eigenvalue weighted by Crippen LogP contribution is -2.35. The van der Waals surface area contributed by atoms with Crippen LogP contribution in [-0.2, 0) is 9.45 Å². The molecule has 0 unspecified atom stereocenters. The molecule has 0 aliphatic carbocycles. The van der Waals surface area contributed by atoms with Crippen molar-refractivity contribution in [3.8, 4) is 5.75 Å². The molecule has 1 atom stereocenters. The lowest BCUT2D eigenvalue weighted by Gasteiger charge is -2.13. The number of fused-ring (bicyclic) bond motifs is 1. The number of nitrogens with one attached hydrogen (secondary N) is 2. The average Bonchev–Trinajstić information content (AvgIpc) is 2.53. The van der Waals surface area contributed by atoms with E-state index in [0.29, 0.717) is 13.1 Å². The molecule has 2 rings (SSSR count). The van der Waals surface area contributed by atoms with Crippen LogP contribution in [0, 0.1) is 0 Å². The number of hydrogen-bond donors (Lipinski definition) is 3. The third-order valence-electron chi connectivity index (χ3n) is 3.51. The van der Waals surface area contributed by atoms with Crippen molar-refractivity contribution in [1.82, 2.24) is 10.5 Å². The second-order valence-corrected chi connectivity index (χ2v) is 5.11. The Hall–Kier alpha value is -2.05. The minimum atomic E-state index is -0.232. The Morgan fingerprint density at radius 3 is 2.73 bits per heavy atom. The van der Waals surface area contributed by atoms with Crippen molar-refractivity contribution in [2.45, 2.75) is 12.8 Å². The number of rotatable bonds is 7. The summed E-state index contributed by atoms with van der Waals surface area (Å²) in [5.74, 6) is -0.00615. The predicted octanol–water partition coefficient (Wildman–Crippen LogP) is 1.54. The number of phenolic OH excluding ortho intramolecular Hbond substituents is 1. The highest BCUT2D eigenvalue weighted by molar-refractivity contribution is 6.23. The highest BCUT2D eigenvalue weighted by Crippen LogP contribution is 2.24. The number of benzene rings is 2. The molecule has 2 aromatic rings. The molecule has 0 saturated carbocycles. The summed E-state index contributed by atoms with van der Waals surface area (Å²) in [5, 5.41) is 17.2. The van der Waals surface area contributed by atoms with E-state index in [-0.39, 0.29) is 17.6 Å². The van der Waals surface area contributed by atoms with Crippen molar-refractivity contribution >= 4 is 24.3 Å². The zero-order valence-corrected chi connectivity index (χ0v) is 12.8. The topological polar surface area (TPSA) is 70.6 Å². The van der Waals surface area contributed by atoms with Gasteiger partial charge in [0, 0.05) is 20.2 Å². The first-order chi connectivity index (χ1) is 10.6. The van der Waals surface area contributed by atoms with E-state index >= 15 is 0 Å². The van der Waals surface area contributed by atoms with Crippen molar-refractivity contribution in [1.29, 1.82) is 0 Å². The van der Waals surface area contributed by atoms with Gasteiger partial charge in [0.1, 0.15) is 5.75 Å². The molecule has 22 heavy (non-hydrogen) atoms. The smallest absolute Gasteiger partial charge is 0.395 e. The summed E-state index contributed by atoms with van der Waals surface area (Å²) in [6, 6.07) is 11.0. The Morgan fingerprint density at radius 1 is 1.23 bits per heavy atom. The first-order valence-corrected chi connectivity index (χ1v) is 7.20. The van der Waals surface area contributed by atoms with Gasteiger partial charge in [-0.1, -0.05) is 24.3 Å². The summed E-state index contributed by atoms with van der Waals surface area (Å²) >= 11 is 0. The van der Waals surface area contributed by atoms with Gasteiger partial charge in [-0.25, -0.2) is 0 Å². The Morgan fingerprint density at radius 2 is 1.95 bits per heavy atom. The summed E-state index contributed by atoms with van der Waals surface area (Å²) in [7, 11) is 3.04. The third kappa shape index (κ3) is 4.22. The van der Waals surface area contributed by atoms with Crippen LogP contribution in [0.15, 0.2) is 36.4 Å². The van der Waals surface area contributed by atoms with Crippen molar-refractivity contribution < 1.29 is 14.6 Å². The van der Waals surface area contributed by atoms with Crippen LogP contribution >= 0.6 is 0 Å². The van der Waals surface area contributed by atoms with Gasteiger partial charge in [-0.3, -0.25) is 4.79 Å². The minimum Gasteiger partial charge on any atom is -0.508 e. The number of hydrogen-bond acceptors (Lipinski definition) is 4. The van der Waals surface area contributed by atoms with Gasteiger partial charge < -0.3 is 20.3 Å². The molecule has 3 N–H and O–H groups in total. The first kappa shape index (κ1) is 16.3. The zero-order chi connectivity index (χ0) is 15.9. The second-order valence-electron chi connectivity index (χ2n) is 5.11. The Bertz CT molecular complexity index is 648. The molecule has 1 amide bonds. The van der Waals surface area contributed by atoms with Gasteiger partial charge in [-0.2, -0.15) is 0 Å². The van der Waals surface area contributed by atoms with Crippen molar-refractivity contribution in [3.05, 3.63) is 42.0 Å². The number of aromatic hydroxyl groups is 1. The molecule has 2 aromatic carbocycles. The maximum absolute atomic E-state index is 12.1. The number of phenols is 1. The van der Waals surface area contributed by atoms with Crippen molar-refractivity contribution in [3.63, 3.8) is 0 Å². The van der Waals surface area contributed by atoms with Gasteiger partial charge in [0.25, 0.3) is 0 Å². The molecule has 0 aliphatic heterocycles. The molecule has 115 valence electrons. The quantitative estimate of drug-likeness (QED) is 0.536. The van der Waals surface area contributed by atoms with Crippen LogP contribution in [0.4, 0.5) is 0 Å². The van der Waals surface area contributed by atoms with Gasteiger partial charge in [0.15, 0.2) is 0 Å². The van der Waals surface area contributed by atoms with Crippen molar-refractivity contribution in [2.75, 3.05) is 20.2 Å². The molecule has 0 aromatic heterocycles. The second kappa shape index (κ2) is 7.82. The molecule has 0 aliphatic rings. The van der Waals surface area contributed by atoms with E-state index < -0.39 is 0 Å². The van der Waals surface area contributed by atoms with Crippen LogP contribution in [-0.4, -0.2) is 38.8 Å². The van der Waals surface area contributed by atoms with E-state index in [4.69, 9.17) is 4.65 Å². The van der Waals surface area contributed by atoms with E-state index in [2.05, 4.69) is 10.5 Å². The molecular formula is C16H20BN2O3. The van der Waals surface area contributed by atoms with Gasteiger partial charge in [0.2, 0.25) is 5.91 Å². The average molecular weight is 299 g/mol. The SMILES string of the molecule is CO[B]NCCNC(=O)[C@H](C)c1ccc2cc(O)ccc2c1. The Balaban J connectivity index is 1.98. The van der Waals surface area contributed by atoms with Crippen LogP contribution in [0.5, 0.6) is 5.75 Å². The molecule has 0 saturated heterocycles. The number of carbonyl (C=O) groups excluding carboxylic acids is 1. The maximum Gasteiger partial charge on any atom is 0.395 e. The fourth-order valence-corrected chi connectivity index (χ4v) is 2.23. The van der Waals surface area contributed by atoms with E-state index in [9.17, 15) is 9.90 Å². The molecule has 0 fully saturated rings. The summed E-state index contributed by atoms with van der Waals surface area (Å²) in [5.41, 5.74) is 0.951. The van der Waals surface area contributed by atoms with Crippen LogP contribution in [0.2, 0.25) is 0 Å². The molecular weight excluding hydrogens is 279 g/mol. The highest BCUT2D eigenvalue weighted by atomic mass is 16.4. The summed E-state index contributed by atoms with van der Waals surface area (Å²) in [4.78, 5) is 12.1. The van der Waals surface area contributed by atoms with Crippen LogP contribution in [0.1, 0.15) is 18.4 Å². The normalized spacial score (nSPS) is 12.1. The molecule has 1 radical (unpaired) electrons. The van der Waals surface area contributed by atoms with Gasteiger partial charge in [-0.05, 0) is 35.4 Å². The van der Waals surface area contributed by atoms with E-state index in [0.717, 1.165) is 16.3 Å². The molecule has 6 heteroatoms. The molecule has 0 spiro atoms. The van der Waals surface area contributed by atoms with Gasteiger partial charge in [-0.15, -0.1) is 0 Å². The fourth-order valence-electron chi connectivity index (χ4n) is 2.23. The lowest BCUT2D eigenvalue weighted by molar-refractivity contribution is -0.122. The van der Waals surface area contributed by atoms with Crippen molar-refractivity contribution in [2.24, 2.45) is 0 Å². The predicted molar refractivity (Wildman–Crippen MR) is 87.8 cm³/mol. The Labute approximate surface area is 131 Å². The van der Waals surface area contributed by atoms with Gasteiger partial charge >= 0.3 is 7.62 Å². The summed E-state index contributed by atoms with van der Waals surface area (Å²) in [6.07, 6.45) is 0. The number of amides is 1. The first-order valence-electron chi connectivity index (χ1n) is 7.20. The molecule has 5 nitrogen and oxygen atoms in total. The van der Waals surface area contributed by atoms with Crippen LogP contribution < -0.4 is 10.5 Å². The largest absolute Gasteiger partial charge is 0.508 e. The maximum atomic E-state index is 12.1. The monoisotopic (exact) mass is 299 g/mol. The highest BCUT2D eigenvalue weighted by Gasteiger charge is 2.15. The van der Waals surface area contributed by atoms with Crippen LogP contribution in [0.25, 0.3) is 10.8 Å². The Kier molecular flexibility index (Phi) is 5.80. The van der Waals surface area contributed by atoms with E-state index in [1.807, 2.05) is 31.2 Å². The lowest BCUT2D eigenvalue weighted by atomic mass is 9.97. The zero-order valence-electron chi connectivity index (χ0n) is 12.8. The minimum absolute atomic E-state index is 0.0163. The molecule has 0 heterocycles. The number of carbonyl (C=O) groups is 1. The summed E-state index contributed by atoms with van der Waals surface area (Å²) < 4.78 is 4.75. The molecule has 0 bridgehead atoms. The summed E-state index contributed by atoms with van der Waals surface area (Å²) in [6.45, 7) is 3.03. The van der Waals surface area contributed by atoms with E-state index in [1.165, 1.54) is 7.62 Å². The van der Waals surface area contributed by atoms with Crippen LogP contribution in [0.3, 0.4) is 0 Å². The van der Waals surface area contributed by atoms with E-state index in [1.54, 1.807) is 19.2 Å². The van der Waals surface area contributed by atoms with Gasteiger partial charge in [0.05, 0.1) is 5.92 Å². The standard InChI is InChI=1S/C16H20BN2O3/c1-11(16(21)18-7-8-19-17-22-2)12-3-4-14-10-15(20)6-5-13(14)9-12/h3-6,9-11,19-20H,7-8H2,1-2H3,(H,18,21)/t11-/m1/s1. The fraction of sp³-hybridized carbons (Fsp3) is 0.312.